The van der Waals surface area contributed by atoms with Crippen LogP contribution in [-0.4, -0.2) is 36.6 Å². The van der Waals surface area contributed by atoms with Crippen LogP contribution in [0.25, 0.3) is 0 Å². The normalized spacial score (nSPS) is 42.5. The second kappa shape index (κ2) is 5.92. The van der Waals surface area contributed by atoms with Gasteiger partial charge in [0, 0.05) is 18.6 Å². The summed E-state index contributed by atoms with van der Waals surface area (Å²) in [5.41, 5.74) is 0. The summed E-state index contributed by atoms with van der Waals surface area (Å²) in [5, 5.41) is 3.74. The third kappa shape index (κ3) is 2.60. The second-order valence-electron chi connectivity index (χ2n) is 6.77. The minimum atomic E-state index is 0.842. The van der Waals surface area contributed by atoms with Crippen molar-refractivity contribution in [3.63, 3.8) is 0 Å². The maximum atomic E-state index is 3.74. The first kappa shape index (κ1) is 12.9. The molecule has 4 atom stereocenters. The summed E-state index contributed by atoms with van der Waals surface area (Å²) >= 11 is 0. The summed E-state index contributed by atoms with van der Waals surface area (Å²) in [5.74, 6) is 1.94. The van der Waals surface area contributed by atoms with Crippen LogP contribution in [0.3, 0.4) is 0 Å². The summed E-state index contributed by atoms with van der Waals surface area (Å²) < 4.78 is 0. The molecule has 2 nitrogen and oxygen atoms in total. The molecule has 1 N–H and O–H groups in total. The first-order valence-corrected chi connectivity index (χ1v) is 8.36. The van der Waals surface area contributed by atoms with Gasteiger partial charge in [0.2, 0.25) is 0 Å². The smallest absolute Gasteiger partial charge is 0.0123 e. The molecule has 0 aromatic rings. The maximum absolute atomic E-state index is 3.74. The van der Waals surface area contributed by atoms with Crippen molar-refractivity contribution in [1.29, 1.82) is 0 Å². The zero-order chi connectivity index (χ0) is 12.4. The molecule has 3 aliphatic rings. The zero-order valence-electron chi connectivity index (χ0n) is 12.0. The van der Waals surface area contributed by atoms with Crippen molar-refractivity contribution in [3.8, 4) is 0 Å². The van der Waals surface area contributed by atoms with E-state index < -0.39 is 0 Å². The molecule has 18 heavy (non-hydrogen) atoms. The molecular formula is C16H30N2. The fourth-order valence-corrected chi connectivity index (χ4v) is 4.76. The van der Waals surface area contributed by atoms with Gasteiger partial charge in [-0.05, 0) is 63.5 Å². The van der Waals surface area contributed by atoms with Crippen molar-refractivity contribution in [3.05, 3.63) is 0 Å². The molecule has 0 amide bonds. The van der Waals surface area contributed by atoms with Crippen molar-refractivity contribution in [2.24, 2.45) is 11.8 Å². The molecule has 4 unspecified atom stereocenters. The summed E-state index contributed by atoms with van der Waals surface area (Å²) in [6.07, 6.45) is 11.6. The average Bonchev–Trinajstić information content (AvgIpc) is 3.10. The first-order valence-electron chi connectivity index (χ1n) is 8.36. The SMILES string of the molecule is CCC1CCCC1N1CCCC(C2CCCN2)C1. The van der Waals surface area contributed by atoms with E-state index in [1.54, 1.807) is 0 Å². The highest BCUT2D eigenvalue weighted by molar-refractivity contribution is 4.91. The highest BCUT2D eigenvalue weighted by atomic mass is 15.2. The van der Waals surface area contributed by atoms with Gasteiger partial charge in [0.15, 0.2) is 0 Å². The first-order chi connectivity index (χ1) is 8.88. The van der Waals surface area contributed by atoms with Crippen molar-refractivity contribution in [2.75, 3.05) is 19.6 Å². The van der Waals surface area contributed by atoms with Crippen LogP contribution in [0.15, 0.2) is 0 Å². The molecule has 1 saturated carbocycles. The minimum Gasteiger partial charge on any atom is -0.314 e. The predicted octanol–water partition coefficient (Wildman–Crippen LogP) is 3.03. The fraction of sp³-hybridized carbons (Fsp3) is 1.00. The number of hydrogen-bond donors (Lipinski definition) is 1. The van der Waals surface area contributed by atoms with Gasteiger partial charge in [0.05, 0.1) is 0 Å². The number of likely N-dealkylation sites (tertiary alicyclic amines) is 1. The summed E-state index contributed by atoms with van der Waals surface area (Å²) in [6, 6.07) is 1.77. The molecule has 104 valence electrons. The van der Waals surface area contributed by atoms with Crippen LogP contribution in [-0.2, 0) is 0 Å². The van der Waals surface area contributed by atoms with Gasteiger partial charge in [0.25, 0.3) is 0 Å². The van der Waals surface area contributed by atoms with Gasteiger partial charge < -0.3 is 5.32 Å². The van der Waals surface area contributed by atoms with E-state index in [0.717, 1.165) is 23.9 Å². The van der Waals surface area contributed by atoms with Gasteiger partial charge in [0.1, 0.15) is 0 Å². The van der Waals surface area contributed by atoms with Crippen LogP contribution < -0.4 is 5.32 Å². The Morgan fingerprint density at radius 3 is 2.78 bits per heavy atom. The van der Waals surface area contributed by atoms with E-state index in [4.69, 9.17) is 0 Å². The monoisotopic (exact) mass is 250 g/mol. The zero-order valence-corrected chi connectivity index (χ0v) is 12.0. The molecule has 1 aliphatic carbocycles. The molecule has 0 radical (unpaired) electrons. The van der Waals surface area contributed by atoms with Crippen LogP contribution >= 0.6 is 0 Å². The van der Waals surface area contributed by atoms with Gasteiger partial charge in [-0.3, -0.25) is 4.90 Å². The lowest BCUT2D eigenvalue weighted by Crippen LogP contribution is -2.48. The standard InChI is InChI=1S/C16H30N2/c1-2-13-6-3-9-16(13)18-11-5-7-14(12-18)15-8-4-10-17-15/h13-17H,2-12H2,1H3. The topological polar surface area (TPSA) is 15.3 Å². The Kier molecular flexibility index (Phi) is 4.25. The maximum Gasteiger partial charge on any atom is 0.0123 e. The minimum absolute atomic E-state index is 0.842. The third-order valence-electron chi connectivity index (χ3n) is 5.77. The molecule has 2 heterocycles. The summed E-state index contributed by atoms with van der Waals surface area (Å²) in [4.78, 5) is 2.87. The Balaban J connectivity index is 1.59. The Morgan fingerprint density at radius 2 is 2.00 bits per heavy atom. The number of hydrogen-bond acceptors (Lipinski definition) is 2. The van der Waals surface area contributed by atoms with E-state index in [1.807, 2.05) is 0 Å². The molecule has 2 saturated heterocycles. The van der Waals surface area contributed by atoms with E-state index in [9.17, 15) is 0 Å². The quantitative estimate of drug-likeness (QED) is 0.828. The third-order valence-corrected chi connectivity index (χ3v) is 5.77. The molecule has 0 bridgehead atoms. The van der Waals surface area contributed by atoms with E-state index in [2.05, 4.69) is 17.1 Å². The van der Waals surface area contributed by atoms with Gasteiger partial charge in [-0.25, -0.2) is 0 Å². The van der Waals surface area contributed by atoms with Crippen LogP contribution in [0.5, 0.6) is 0 Å². The van der Waals surface area contributed by atoms with Crippen LogP contribution in [0.1, 0.15) is 58.3 Å². The largest absolute Gasteiger partial charge is 0.314 e. The van der Waals surface area contributed by atoms with E-state index >= 15 is 0 Å². The average molecular weight is 250 g/mol. The lowest BCUT2D eigenvalue weighted by molar-refractivity contribution is 0.0861. The molecule has 3 rings (SSSR count). The Bertz CT molecular complexity index is 260. The van der Waals surface area contributed by atoms with Crippen LogP contribution in [0, 0.1) is 11.8 Å². The van der Waals surface area contributed by atoms with Gasteiger partial charge in [-0.1, -0.05) is 19.8 Å². The van der Waals surface area contributed by atoms with Crippen LogP contribution in [0.2, 0.25) is 0 Å². The number of nitrogens with one attached hydrogen (secondary N) is 1. The van der Waals surface area contributed by atoms with Crippen molar-refractivity contribution >= 4 is 0 Å². The van der Waals surface area contributed by atoms with E-state index in [-0.39, 0.29) is 0 Å². The Hall–Kier alpha value is -0.0800. The molecule has 0 aromatic heterocycles. The Morgan fingerprint density at radius 1 is 1.06 bits per heavy atom. The van der Waals surface area contributed by atoms with E-state index in [0.29, 0.717) is 0 Å². The van der Waals surface area contributed by atoms with Crippen molar-refractivity contribution in [1.82, 2.24) is 10.2 Å². The second-order valence-corrected chi connectivity index (χ2v) is 6.77. The molecular weight excluding hydrogens is 220 g/mol. The number of nitrogens with zero attached hydrogens (tertiary/aromatic N) is 1. The van der Waals surface area contributed by atoms with Crippen LogP contribution in [0.4, 0.5) is 0 Å². The number of rotatable bonds is 3. The Labute approximate surface area is 113 Å². The molecule has 0 aromatic carbocycles. The highest BCUT2D eigenvalue weighted by Gasteiger charge is 2.36. The van der Waals surface area contributed by atoms with Crippen molar-refractivity contribution < 1.29 is 0 Å². The predicted molar refractivity (Wildman–Crippen MR) is 76.7 cm³/mol. The molecule has 0 spiro atoms. The number of piperidine rings is 1. The van der Waals surface area contributed by atoms with Gasteiger partial charge in [-0.2, -0.15) is 0 Å². The van der Waals surface area contributed by atoms with Crippen molar-refractivity contribution in [2.45, 2.75) is 70.4 Å². The summed E-state index contributed by atoms with van der Waals surface area (Å²) in [7, 11) is 0. The van der Waals surface area contributed by atoms with Gasteiger partial charge in [-0.15, -0.1) is 0 Å². The van der Waals surface area contributed by atoms with E-state index in [1.165, 1.54) is 71.0 Å². The lowest BCUT2D eigenvalue weighted by atomic mass is 9.87. The molecule has 2 aliphatic heterocycles. The van der Waals surface area contributed by atoms with Gasteiger partial charge >= 0.3 is 0 Å². The fourth-order valence-electron chi connectivity index (χ4n) is 4.76. The highest BCUT2D eigenvalue weighted by Crippen LogP contribution is 2.35. The summed E-state index contributed by atoms with van der Waals surface area (Å²) in [6.45, 7) is 6.42. The lowest BCUT2D eigenvalue weighted by Gasteiger charge is -2.41. The molecule has 2 heteroatoms. The molecule has 3 fully saturated rings.